The highest BCUT2D eigenvalue weighted by Crippen LogP contribution is 2.20. The molecule has 0 atom stereocenters. The summed E-state index contributed by atoms with van der Waals surface area (Å²) in [4.78, 5) is 29.7. The Hall–Kier alpha value is -2.76. The molecule has 2 aromatic rings. The maximum atomic E-state index is 13.2. The molecule has 0 unspecified atom stereocenters. The molecule has 0 aliphatic rings. The lowest BCUT2D eigenvalue weighted by Gasteiger charge is -2.29. The predicted octanol–water partition coefficient (Wildman–Crippen LogP) is 4.57. The Morgan fingerprint density at radius 3 is 2.27 bits per heavy atom. The van der Waals surface area contributed by atoms with Crippen LogP contribution < -0.4 is 5.32 Å². The van der Waals surface area contributed by atoms with Crippen LogP contribution in [-0.2, 0) is 18.4 Å². The highest BCUT2D eigenvalue weighted by atomic mass is 16.2. The summed E-state index contributed by atoms with van der Waals surface area (Å²) in [7, 11) is 1.98. The van der Waals surface area contributed by atoms with E-state index in [0.29, 0.717) is 25.6 Å². The third-order valence-electron chi connectivity index (χ3n) is 5.16. The lowest BCUT2D eigenvalue weighted by molar-refractivity contribution is -0.133. The monoisotopic (exact) mass is 412 g/mol. The number of urea groups is 1. The molecule has 0 spiro atoms. The number of carbonyl (C=O) groups is 2. The van der Waals surface area contributed by atoms with Crippen LogP contribution in [0.3, 0.4) is 0 Å². The largest absolute Gasteiger partial charge is 0.353 e. The fourth-order valence-corrected chi connectivity index (χ4v) is 3.53. The zero-order chi connectivity index (χ0) is 22.3. The minimum absolute atomic E-state index is 0.0324. The highest BCUT2D eigenvalue weighted by molar-refractivity contribution is 5.93. The zero-order valence-electron chi connectivity index (χ0n) is 19.2. The summed E-state index contributed by atoms with van der Waals surface area (Å²) >= 11 is 0. The second-order valence-electron chi connectivity index (χ2n) is 8.40. The average molecular weight is 413 g/mol. The minimum Gasteiger partial charge on any atom is -0.353 e. The zero-order valence-corrected chi connectivity index (χ0v) is 19.2. The second-order valence-corrected chi connectivity index (χ2v) is 8.40. The van der Waals surface area contributed by atoms with E-state index in [9.17, 15) is 9.59 Å². The van der Waals surface area contributed by atoms with Gasteiger partial charge in [0, 0.05) is 37.7 Å². The summed E-state index contributed by atoms with van der Waals surface area (Å²) in [5.74, 6) is 0.312. The molecule has 1 aromatic carbocycles. The van der Waals surface area contributed by atoms with Gasteiger partial charge in [-0.25, -0.2) is 4.79 Å². The van der Waals surface area contributed by atoms with Crippen LogP contribution in [0.4, 0.5) is 10.5 Å². The van der Waals surface area contributed by atoms with Crippen LogP contribution in [0.5, 0.6) is 0 Å². The van der Waals surface area contributed by atoms with E-state index in [2.05, 4.69) is 19.2 Å². The first-order valence-corrected chi connectivity index (χ1v) is 10.7. The van der Waals surface area contributed by atoms with Gasteiger partial charge in [0.05, 0.1) is 6.54 Å². The fraction of sp³-hybridized carbons (Fsp3) is 0.500. The molecule has 0 saturated heterocycles. The maximum Gasteiger partial charge on any atom is 0.322 e. The summed E-state index contributed by atoms with van der Waals surface area (Å²) in [5, 5.41) is 3.02. The number of para-hydroxylation sites is 1. The van der Waals surface area contributed by atoms with E-state index in [1.807, 2.05) is 73.8 Å². The minimum atomic E-state index is -0.231. The molecule has 0 bridgehead atoms. The van der Waals surface area contributed by atoms with Crippen molar-refractivity contribution in [2.24, 2.45) is 13.0 Å². The summed E-state index contributed by atoms with van der Waals surface area (Å²) in [6, 6.07) is 9.70. The van der Waals surface area contributed by atoms with Gasteiger partial charge in [-0.15, -0.1) is 0 Å². The number of aryl methyl sites for hydroxylation is 3. The number of benzene rings is 1. The molecule has 1 aromatic heterocycles. The lowest BCUT2D eigenvalue weighted by Crippen LogP contribution is -2.45. The fourth-order valence-electron chi connectivity index (χ4n) is 3.53. The molecule has 0 aliphatic carbocycles. The molecule has 6 nitrogen and oxygen atoms in total. The van der Waals surface area contributed by atoms with Gasteiger partial charge < -0.3 is 19.7 Å². The van der Waals surface area contributed by atoms with Crippen LogP contribution in [-0.4, -0.2) is 45.9 Å². The van der Waals surface area contributed by atoms with Crippen molar-refractivity contribution in [2.75, 3.05) is 25.0 Å². The Balaban J connectivity index is 2.14. The topological polar surface area (TPSA) is 57.6 Å². The number of carbonyl (C=O) groups excluding carboxylic acids is 2. The number of aromatic nitrogens is 1. The molecular formula is C24H36N4O2. The number of amides is 3. The quantitative estimate of drug-likeness (QED) is 0.656. The van der Waals surface area contributed by atoms with Crippen molar-refractivity contribution in [3.05, 3.63) is 53.3 Å². The van der Waals surface area contributed by atoms with Crippen LogP contribution in [0.2, 0.25) is 0 Å². The van der Waals surface area contributed by atoms with E-state index < -0.39 is 0 Å². The molecule has 0 aliphatic heterocycles. The second kappa shape index (κ2) is 10.9. The van der Waals surface area contributed by atoms with Gasteiger partial charge in [0.15, 0.2) is 0 Å². The number of nitrogens with zero attached hydrogens (tertiary/aromatic N) is 3. The van der Waals surface area contributed by atoms with Crippen LogP contribution >= 0.6 is 0 Å². The summed E-state index contributed by atoms with van der Waals surface area (Å²) in [5.41, 5.74) is 3.91. The highest BCUT2D eigenvalue weighted by Gasteiger charge is 2.23. The van der Waals surface area contributed by atoms with Gasteiger partial charge >= 0.3 is 6.03 Å². The van der Waals surface area contributed by atoms with Gasteiger partial charge in [-0.3, -0.25) is 4.79 Å². The number of nitrogens with one attached hydrogen (secondary N) is 1. The van der Waals surface area contributed by atoms with Crippen LogP contribution in [0.1, 0.15) is 44.0 Å². The molecule has 1 heterocycles. The molecule has 164 valence electrons. The van der Waals surface area contributed by atoms with Crippen molar-refractivity contribution in [1.82, 2.24) is 14.4 Å². The van der Waals surface area contributed by atoms with Gasteiger partial charge in [-0.1, -0.05) is 39.0 Å². The maximum absolute atomic E-state index is 13.2. The van der Waals surface area contributed by atoms with Gasteiger partial charge in [0.2, 0.25) is 5.91 Å². The van der Waals surface area contributed by atoms with Crippen molar-refractivity contribution in [1.29, 1.82) is 0 Å². The van der Waals surface area contributed by atoms with E-state index in [4.69, 9.17) is 0 Å². The van der Waals surface area contributed by atoms with Crippen molar-refractivity contribution in [2.45, 2.75) is 47.6 Å². The Labute approximate surface area is 180 Å². The van der Waals surface area contributed by atoms with E-state index in [1.165, 1.54) is 0 Å². The molecule has 3 amide bonds. The van der Waals surface area contributed by atoms with E-state index in [0.717, 1.165) is 28.9 Å². The molecule has 2 rings (SSSR count). The van der Waals surface area contributed by atoms with Gasteiger partial charge in [0.1, 0.15) is 6.54 Å². The Kier molecular flexibility index (Phi) is 8.51. The van der Waals surface area contributed by atoms with E-state index >= 15 is 0 Å². The van der Waals surface area contributed by atoms with Crippen molar-refractivity contribution >= 4 is 17.6 Å². The van der Waals surface area contributed by atoms with Gasteiger partial charge in [-0.05, 0) is 49.4 Å². The van der Waals surface area contributed by atoms with Gasteiger partial charge in [-0.2, -0.15) is 0 Å². The normalized spacial score (nSPS) is 10.9. The number of anilines is 1. The summed E-state index contributed by atoms with van der Waals surface area (Å²) in [6.07, 6.45) is 2.77. The standard InChI is InChI=1S/C24H36N4O2/c1-7-13-27(24(30)25-23-19(4)10-8-11-20(23)5)17-22(29)28(15-18(2)3)16-21-12-9-14-26(21)6/h8-12,14,18H,7,13,15-17H2,1-6H3,(H,25,30). The molecule has 0 saturated carbocycles. The smallest absolute Gasteiger partial charge is 0.322 e. The Morgan fingerprint density at radius 2 is 1.73 bits per heavy atom. The first kappa shape index (κ1) is 23.5. The number of hydrogen-bond donors (Lipinski definition) is 1. The molecule has 6 heteroatoms. The first-order valence-electron chi connectivity index (χ1n) is 10.7. The Morgan fingerprint density at radius 1 is 1.07 bits per heavy atom. The number of hydrogen-bond acceptors (Lipinski definition) is 2. The SMILES string of the molecule is CCCN(CC(=O)N(Cc1cccn1C)CC(C)C)C(=O)Nc1c(C)cccc1C. The van der Waals surface area contributed by atoms with E-state index in [1.54, 1.807) is 4.90 Å². The van der Waals surface area contributed by atoms with Crippen LogP contribution in [0, 0.1) is 19.8 Å². The third kappa shape index (κ3) is 6.37. The molecule has 30 heavy (non-hydrogen) atoms. The summed E-state index contributed by atoms with van der Waals surface area (Å²) in [6.45, 7) is 12.0. The summed E-state index contributed by atoms with van der Waals surface area (Å²) < 4.78 is 2.03. The van der Waals surface area contributed by atoms with E-state index in [-0.39, 0.29) is 18.5 Å². The van der Waals surface area contributed by atoms with Crippen molar-refractivity contribution in [3.8, 4) is 0 Å². The lowest BCUT2D eigenvalue weighted by atomic mass is 10.1. The first-order chi connectivity index (χ1) is 14.2. The van der Waals surface area contributed by atoms with Gasteiger partial charge in [0.25, 0.3) is 0 Å². The number of rotatable bonds is 9. The predicted molar refractivity (Wildman–Crippen MR) is 122 cm³/mol. The molecule has 0 radical (unpaired) electrons. The average Bonchev–Trinajstić information content (AvgIpc) is 3.08. The molecule has 1 N–H and O–H groups in total. The molecule has 0 fully saturated rings. The Bertz CT molecular complexity index is 836. The van der Waals surface area contributed by atoms with Crippen molar-refractivity contribution in [3.63, 3.8) is 0 Å². The van der Waals surface area contributed by atoms with Crippen LogP contribution in [0.25, 0.3) is 0 Å². The van der Waals surface area contributed by atoms with Crippen LogP contribution in [0.15, 0.2) is 36.5 Å². The molecular weight excluding hydrogens is 376 g/mol. The third-order valence-corrected chi connectivity index (χ3v) is 5.16. The van der Waals surface area contributed by atoms with Crippen molar-refractivity contribution < 1.29 is 9.59 Å².